The average Bonchev–Trinajstić information content (AvgIpc) is 3.37. The van der Waals surface area contributed by atoms with E-state index in [1.807, 2.05) is 0 Å². The molecule has 2 aromatic carbocycles. The predicted octanol–water partition coefficient (Wildman–Crippen LogP) is 5.37. The molecule has 8 nitrogen and oxygen atoms in total. The first-order chi connectivity index (χ1) is 18.2. The number of benzene rings is 2. The lowest BCUT2D eigenvalue weighted by molar-refractivity contribution is 0.0983. The summed E-state index contributed by atoms with van der Waals surface area (Å²) in [5, 5.41) is 1.06. The Morgan fingerprint density at radius 3 is 2.50 bits per heavy atom. The Hall–Kier alpha value is -2.24. The van der Waals surface area contributed by atoms with Gasteiger partial charge in [0.2, 0.25) is 10.0 Å². The molecule has 0 saturated carbocycles. The number of fused-ring (bicyclic) bond motifs is 1. The number of ether oxygens (including phenoxy) is 1. The highest BCUT2D eigenvalue weighted by atomic mass is 35.5. The van der Waals surface area contributed by atoms with Gasteiger partial charge >= 0.3 is 0 Å². The standard InChI is InChI=1S/C27H35ClN4O4S2/c1-5-30(6-2)16-17-32(27-29-24-23(36-4)14-13-22(28)25(24)37-27)26(33)20-9-11-21(12-10-20)38(34,35)31-15-7-8-19(3)18-31/h9-14,19H,5-8,15-18H2,1-4H3. The molecule has 3 aromatic rings. The van der Waals surface area contributed by atoms with E-state index >= 15 is 0 Å². The number of carbonyl (C=O) groups excluding carboxylic acids is 1. The molecule has 0 radical (unpaired) electrons. The van der Waals surface area contributed by atoms with Crippen molar-refractivity contribution in [2.24, 2.45) is 5.92 Å². The van der Waals surface area contributed by atoms with Gasteiger partial charge in [-0.1, -0.05) is 43.7 Å². The fourth-order valence-electron chi connectivity index (χ4n) is 4.73. The number of hydrogen-bond acceptors (Lipinski definition) is 7. The minimum Gasteiger partial charge on any atom is -0.494 e. The molecule has 38 heavy (non-hydrogen) atoms. The van der Waals surface area contributed by atoms with E-state index in [-0.39, 0.29) is 10.8 Å². The number of thiazole rings is 1. The number of halogens is 1. The number of methoxy groups -OCH3 is 1. The highest BCUT2D eigenvalue weighted by Gasteiger charge is 2.29. The molecule has 1 unspecified atom stereocenters. The van der Waals surface area contributed by atoms with E-state index in [0.717, 1.165) is 30.6 Å². The second kappa shape index (κ2) is 12.3. The molecule has 11 heteroatoms. The Labute approximate surface area is 234 Å². The van der Waals surface area contributed by atoms with E-state index in [1.165, 1.54) is 23.5 Å². The lowest BCUT2D eigenvalue weighted by atomic mass is 10.0. The molecule has 0 aliphatic carbocycles. The first-order valence-corrected chi connectivity index (χ1v) is 15.6. The van der Waals surface area contributed by atoms with Crippen molar-refractivity contribution in [1.82, 2.24) is 14.2 Å². The van der Waals surface area contributed by atoms with E-state index in [4.69, 9.17) is 21.3 Å². The quantitative estimate of drug-likeness (QED) is 0.322. The number of hydrogen-bond donors (Lipinski definition) is 0. The van der Waals surface area contributed by atoms with E-state index in [1.54, 1.807) is 40.6 Å². The Balaban J connectivity index is 1.65. The van der Waals surface area contributed by atoms with Crippen molar-refractivity contribution in [1.29, 1.82) is 0 Å². The number of sulfonamides is 1. The van der Waals surface area contributed by atoms with Gasteiger partial charge in [-0.05, 0) is 68.2 Å². The molecule has 2 heterocycles. The summed E-state index contributed by atoms with van der Waals surface area (Å²) >= 11 is 7.79. The molecule has 206 valence electrons. The van der Waals surface area contributed by atoms with Crippen LogP contribution in [-0.4, -0.2) is 74.9 Å². The molecule has 1 aliphatic rings. The zero-order valence-electron chi connectivity index (χ0n) is 22.3. The molecule has 1 atom stereocenters. The maximum atomic E-state index is 13.8. The van der Waals surface area contributed by atoms with Crippen LogP contribution in [0.4, 0.5) is 5.13 Å². The monoisotopic (exact) mass is 578 g/mol. The minimum absolute atomic E-state index is 0.203. The zero-order chi connectivity index (χ0) is 27.4. The van der Waals surface area contributed by atoms with Gasteiger partial charge < -0.3 is 9.64 Å². The average molecular weight is 579 g/mol. The first kappa shape index (κ1) is 28.8. The Bertz CT molecular complexity index is 1370. The number of rotatable bonds is 10. The van der Waals surface area contributed by atoms with Crippen molar-refractivity contribution < 1.29 is 17.9 Å². The van der Waals surface area contributed by atoms with Crippen LogP contribution < -0.4 is 9.64 Å². The number of carbonyl (C=O) groups is 1. The third-order valence-electron chi connectivity index (χ3n) is 7.04. The number of anilines is 1. The molecular weight excluding hydrogens is 544 g/mol. The molecule has 1 aliphatic heterocycles. The van der Waals surface area contributed by atoms with Gasteiger partial charge in [0, 0.05) is 31.7 Å². The second-order valence-electron chi connectivity index (χ2n) is 9.54. The van der Waals surface area contributed by atoms with Crippen molar-refractivity contribution in [2.45, 2.75) is 38.5 Å². The van der Waals surface area contributed by atoms with Gasteiger partial charge in [-0.3, -0.25) is 9.69 Å². The van der Waals surface area contributed by atoms with Gasteiger partial charge in [0.05, 0.1) is 21.7 Å². The summed E-state index contributed by atoms with van der Waals surface area (Å²) in [6.07, 6.45) is 1.89. The molecule has 0 N–H and O–H groups in total. The van der Waals surface area contributed by atoms with Crippen LogP contribution in [-0.2, 0) is 10.0 Å². The van der Waals surface area contributed by atoms with Crippen LogP contribution in [0.5, 0.6) is 5.75 Å². The minimum atomic E-state index is -3.60. The Morgan fingerprint density at radius 1 is 1.16 bits per heavy atom. The number of amides is 1. The SMILES string of the molecule is CCN(CC)CCN(C(=O)c1ccc(S(=O)(=O)N2CCCC(C)C2)cc1)c1nc2c(OC)ccc(Cl)c2s1. The van der Waals surface area contributed by atoms with E-state index in [9.17, 15) is 13.2 Å². The molecule has 4 rings (SSSR count). The van der Waals surface area contributed by atoms with Crippen molar-refractivity contribution in [3.05, 3.63) is 47.0 Å². The highest BCUT2D eigenvalue weighted by molar-refractivity contribution is 7.89. The maximum absolute atomic E-state index is 13.8. The maximum Gasteiger partial charge on any atom is 0.260 e. The van der Waals surface area contributed by atoms with Crippen LogP contribution in [0, 0.1) is 5.92 Å². The van der Waals surface area contributed by atoms with Gasteiger partial charge in [0.25, 0.3) is 5.91 Å². The van der Waals surface area contributed by atoms with E-state index in [0.29, 0.717) is 59.1 Å². The normalized spacial score (nSPS) is 16.7. The second-order valence-corrected chi connectivity index (χ2v) is 12.9. The molecule has 1 fully saturated rings. The molecule has 1 aromatic heterocycles. The summed E-state index contributed by atoms with van der Waals surface area (Å²) in [5.74, 6) is 0.672. The van der Waals surface area contributed by atoms with Gasteiger partial charge in [-0.2, -0.15) is 4.31 Å². The molecule has 0 bridgehead atoms. The smallest absolute Gasteiger partial charge is 0.260 e. The predicted molar refractivity (Wildman–Crippen MR) is 154 cm³/mol. The van der Waals surface area contributed by atoms with Crippen molar-refractivity contribution in [2.75, 3.05) is 51.3 Å². The number of piperidine rings is 1. The topological polar surface area (TPSA) is 83.1 Å². The third kappa shape index (κ3) is 5.99. The van der Waals surface area contributed by atoms with E-state index < -0.39 is 10.0 Å². The van der Waals surface area contributed by atoms with Crippen LogP contribution in [0.25, 0.3) is 10.2 Å². The summed E-state index contributed by atoms with van der Waals surface area (Å²) in [6, 6.07) is 9.76. The van der Waals surface area contributed by atoms with Gasteiger partial charge in [0.1, 0.15) is 11.3 Å². The Morgan fingerprint density at radius 2 is 1.87 bits per heavy atom. The fraction of sp³-hybridized carbons (Fsp3) is 0.481. The number of likely N-dealkylation sites (N-methyl/N-ethyl adjacent to an activating group) is 1. The van der Waals surface area contributed by atoms with Crippen LogP contribution in [0.15, 0.2) is 41.3 Å². The van der Waals surface area contributed by atoms with Crippen LogP contribution >= 0.6 is 22.9 Å². The fourth-order valence-corrected chi connectivity index (χ4v) is 7.60. The van der Waals surface area contributed by atoms with Crippen molar-refractivity contribution in [3.8, 4) is 5.75 Å². The lowest BCUT2D eigenvalue weighted by Gasteiger charge is -2.30. The molecule has 1 saturated heterocycles. The van der Waals surface area contributed by atoms with Crippen LogP contribution in [0.2, 0.25) is 5.02 Å². The number of nitrogens with zero attached hydrogens (tertiary/aromatic N) is 4. The summed E-state index contributed by atoms with van der Waals surface area (Å²) in [7, 11) is -2.03. The Kier molecular flexibility index (Phi) is 9.31. The highest BCUT2D eigenvalue weighted by Crippen LogP contribution is 2.39. The summed E-state index contributed by atoms with van der Waals surface area (Å²) < 4.78 is 34.2. The summed E-state index contributed by atoms with van der Waals surface area (Å²) in [5.41, 5.74) is 1.01. The summed E-state index contributed by atoms with van der Waals surface area (Å²) in [4.78, 5) is 22.6. The van der Waals surface area contributed by atoms with Crippen molar-refractivity contribution >= 4 is 54.2 Å². The van der Waals surface area contributed by atoms with E-state index in [2.05, 4.69) is 25.7 Å². The van der Waals surface area contributed by atoms with Crippen molar-refractivity contribution in [3.63, 3.8) is 0 Å². The molecular formula is C27H35ClN4O4S2. The third-order valence-corrected chi connectivity index (χ3v) is 10.5. The zero-order valence-corrected chi connectivity index (χ0v) is 24.7. The largest absolute Gasteiger partial charge is 0.494 e. The lowest BCUT2D eigenvalue weighted by Crippen LogP contribution is -2.39. The number of aromatic nitrogens is 1. The van der Waals surface area contributed by atoms with Gasteiger partial charge in [-0.25, -0.2) is 13.4 Å². The van der Waals surface area contributed by atoms with Gasteiger partial charge in [0.15, 0.2) is 5.13 Å². The molecule has 1 amide bonds. The molecule has 0 spiro atoms. The van der Waals surface area contributed by atoms with Crippen LogP contribution in [0.3, 0.4) is 0 Å². The first-order valence-electron chi connectivity index (χ1n) is 13.0. The van der Waals surface area contributed by atoms with Gasteiger partial charge in [-0.15, -0.1) is 0 Å². The van der Waals surface area contributed by atoms with Crippen LogP contribution in [0.1, 0.15) is 44.0 Å². The summed E-state index contributed by atoms with van der Waals surface area (Å²) in [6.45, 7) is 10.1.